The molecule has 4 amide bonds. The first-order valence-corrected chi connectivity index (χ1v) is 22.8. The molecule has 2 saturated heterocycles. The molecule has 16 nitrogen and oxygen atoms in total. The minimum atomic E-state index is -0.895. The van der Waals surface area contributed by atoms with Crippen LogP contribution in [0.3, 0.4) is 0 Å². The van der Waals surface area contributed by atoms with Crippen LogP contribution in [0.5, 0.6) is 0 Å². The quantitative estimate of drug-likeness (QED) is 0.120. The molecule has 0 spiro atoms. The van der Waals surface area contributed by atoms with Gasteiger partial charge < -0.3 is 49.3 Å². The van der Waals surface area contributed by atoms with Crippen molar-refractivity contribution >= 4 is 24.0 Å². The molecule has 3 aliphatic carbocycles. The highest BCUT2D eigenvalue weighted by Crippen LogP contribution is 2.49. The fraction of sp³-hybridized carbons (Fsp3) is 0.542. The number of nitrogens with one attached hydrogen (secondary N) is 4. The molecular weight excluding hydrogens is 817 g/mol. The average molecular weight is 877 g/mol. The summed E-state index contributed by atoms with van der Waals surface area (Å²) in [5.74, 6) is 1.85. The SMILES string of the molecule is COC(=O)N[C@H](C(=O)N1[C@H](c2ncc(-c3ccc4c(c3)CCc3cc(-c5cnc([C@@H]6C[C@H]7CCC[C@H]7N6C(=O)[C@H](NC(=O)OC)[C@H](C)OC)[nH]5)ccc3-4)[nH]2)C[C@@H]2CCC[C@@H]21)[C@@H](C)OC. The maximum absolute atomic E-state index is 14.3. The van der Waals surface area contributed by atoms with E-state index in [0.717, 1.165) is 98.4 Å². The summed E-state index contributed by atoms with van der Waals surface area (Å²) in [7, 11) is 5.64. The van der Waals surface area contributed by atoms with Crippen molar-refractivity contribution in [2.24, 2.45) is 11.8 Å². The monoisotopic (exact) mass is 876 g/mol. The zero-order valence-corrected chi connectivity index (χ0v) is 37.5. The van der Waals surface area contributed by atoms with Gasteiger partial charge in [0.2, 0.25) is 11.8 Å². The van der Waals surface area contributed by atoms with Gasteiger partial charge >= 0.3 is 12.2 Å². The van der Waals surface area contributed by atoms with Crippen LogP contribution in [-0.4, -0.2) is 119 Å². The fourth-order valence-corrected chi connectivity index (χ4v) is 11.5. The predicted octanol–water partition coefficient (Wildman–Crippen LogP) is 6.64. The summed E-state index contributed by atoms with van der Waals surface area (Å²) < 4.78 is 20.8. The molecule has 2 aromatic carbocycles. The Balaban J connectivity index is 0.928. The first-order chi connectivity index (χ1) is 31.0. The van der Waals surface area contributed by atoms with Crippen molar-refractivity contribution in [3.8, 4) is 33.6 Å². The lowest BCUT2D eigenvalue weighted by molar-refractivity contribution is -0.140. The number of benzene rings is 2. The average Bonchev–Trinajstić information content (AvgIpc) is 4.18. The molecule has 2 aromatic heterocycles. The summed E-state index contributed by atoms with van der Waals surface area (Å²) in [6.07, 6.45) is 10.7. The smallest absolute Gasteiger partial charge is 0.407 e. The summed E-state index contributed by atoms with van der Waals surface area (Å²) in [6.45, 7) is 3.55. The number of ether oxygens (including phenoxy) is 4. The number of nitrogens with zero attached hydrogens (tertiary/aromatic N) is 4. The zero-order chi connectivity index (χ0) is 44.8. The van der Waals surface area contributed by atoms with Gasteiger partial charge in [-0.3, -0.25) is 9.59 Å². The lowest BCUT2D eigenvalue weighted by Crippen LogP contribution is -2.55. The lowest BCUT2D eigenvalue weighted by Gasteiger charge is -2.34. The molecule has 64 heavy (non-hydrogen) atoms. The number of aromatic nitrogens is 4. The van der Waals surface area contributed by atoms with Gasteiger partial charge in [-0.2, -0.15) is 0 Å². The van der Waals surface area contributed by atoms with Crippen LogP contribution in [0, 0.1) is 11.8 Å². The molecule has 16 heteroatoms. The Morgan fingerprint density at radius 1 is 0.641 bits per heavy atom. The molecule has 340 valence electrons. The van der Waals surface area contributed by atoms with Crippen LogP contribution in [0.25, 0.3) is 33.6 Å². The molecule has 4 aromatic rings. The Kier molecular flexibility index (Phi) is 12.3. The van der Waals surface area contributed by atoms with Crippen molar-refractivity contribution < 1.29 is 38.1 Å². The van der Waals surface area contributed by atoms with Crippen LogP contribution < -0.4 is 10.6 Å². The maximum atomic E-state index is 14.3. The van der Waals surface area contributed by atoms with Crippen LogP contribution in [0.4, 0.5) is 9.59 Å². The lowest BCUT2D eigenvalue weighted by atomic mass is 9.83. The molecule has 4 heterocycles. The van der Waals surface area contributed by atoms with Gasteiger partial charge in [-0.1, -0.05) is 37.1 Å². The number of aryl methyl sites for hydroxylation is 2. The molecule has 4 fully saturated rings. The fourth-order valence-electron chi connectivity index (χ4n) is 11.5. The molecule has 9 rings (SSSR count). The van der Waals surface area contributed by atoms with Gasteiger partial charge in [0.1, 0.15) is 23.7 Å². The molecular formula is C48H60N8O8. The highest BCUT2D eigenvalue weighted by molar-refractivity contribution is 5.88. The van der Waals surface area contributed by atoms with Crippen molar-refractivity contribution in [3.63, 3.8) is 0 Å². The van der Waals surface area contributed by atoms with Gasteiger partial charge in [-0.05, 0) is 123 Å². The van der Waals surface area contributed by atoms with Crippen molar-refractivity contribution in [3.05, 3.63) is 71.6 Å². The number of likely N-dealkylation sites (tertiary alicyclic amines) is 2. The van der Waals surface area contributed by atoms with Gasteiger partial charge in [0.15, 0.2) is 0 Å². The van der Waals surface area contributed by atoms with Gasteiger partial charge in [-0.15, -0.1) is 0 Å². The Morgan fingerprint density at radius 3 is 1.45 bits per heavy atom. The van der Waals surface area contributed by atoms with E-state index in [9.17, 15) is 19.2 Å². The summed E-state index contributed by atoms with van der Waals surface area (Å²) in [6, 6.07) is 11.0. The van der Waals surface area contributed by atoms with Crippen LogP contribution in [0.1, 0.15) is 100 Å². The van der Waals surface area contributed by atoms with E-state index in [-0.39, 0.29) is 36.0 Å². The van der Waals surface area contributed by atoms with Gasteiger partial charge in [0.25, 0.3) is 0 Å². The number of hydrogen-bond donors (Lipinski definition) is 4. The van der Waals surface area contributed by atoms with Crippen LogP contribution in [0.2, 0.25) is 0 Å². The van der Waals surface area contributed by atoms with E-state index in [1.54, 1.807) is 13.8 Å². The van der Waals surface area contributed by atoms with E-state index >= 15 is 0 Å². The Hall–Kier alpha value is -5.74. The molecule has 5 aliphatic rings. The summed E-state index contributed by atoms with van der Waals surface area (Å²) in [5, 5.41) is 5.44. The van der Waals surface area contributed by atoms with Crippen molar-refractivity contribution in [1.82, 2.24) is 40.4 Å². The van der Waals surface area contributed by atoms with Gasteiger partial charge in [-0.25, -0.2) is 19.6 Å². The number of carbonyl (C=O) groups excluding carboxylic acids is 4. The van der Waals surface area contributed by atoms with Crippen molar-refractivity contribution in [1.29, 1.82) is 0 Å². The van der Waals surface area contributed by atoms with Gasteiger partial charge in [0.05, 0.1) is 62.3 Å². The standard InChI is InChI=1S/C48H60N8O8/c1-25(61-3)41(53-47(59)63-5)45(57)55-37-11-7-9-31(37)21-39(55)43-49-23-35(51-43)29-15-17-33-27(19-29)13-14-28-20-30(16-18-34(28)33)36-24-50-44(52-36)40-22-32-10-8-12-38(32)56(40)46(58)42(26(2)62-4)54-48(60)64-6/h15-20,23-26,31-32,37-42H,7-14,21-22H2,1-6H3,(H,49,51)(H,50,52)(H,53,59)(H,54,60)/t25-,26+,31+,32-,37+,38-,39-,40-,41+,42-/m0/s1. The molecule has 2 aliphatic heterocycles. The summed E-state index contributed by atoms with van der Waals surface area (Å²) in [4.78, 5) is 73.9. The van der Waals surface area contributed by atoms with E-state index in [2.05, 4.69) is 57.0 Å². The number of alkyl carbamates (subject to hydrolysis) is 2. The second-order valence-corrected chi connectivity index (χ2v) is 18.2. The van der Waals surface area contributed by atoms with Crippen molar-refractivity contribution in [2.75, 3.05) is 28.4 Å². The van der Waals surface area contributed by atoms with E-state index < -0.39 is 36.5 Å². The van der Waals surface area contributed by atoms with Crippen LogP contribution >= 0.6 is 0 Å². The molecule has 2 saturated carbocycles. The normalized spacial score (nSPS) is 25.1. The summed E-state index contributed by atoms with van der Waals surface area (Å²) in [5.41, 5.74) is 8.76. The third-order valence-corrected chi connectivity index (χ3v) is 14.9. The van der Waals surface area contributed by atoms with E-state index in [0.29, 0.717) is 11.8 Å². The minimum Gasteiger partial charge on any atom is -0.453 e. The Morgan fingerprint density at radius 2 is 1.06 bits per heavy atom. The molecule has 0 bridgehead atoms. The molecule has 0 radical (unpaired) electrons. The highest BCUT2D eigenvalue weighted by atomic mass is 16.5. The first-order valence-electron chi connectivity index (χ1n) is 22.8. The Labute approximate surface area is 373 Å². The Bertz CT molecular complexity index is 2230. The third kappa shape index (κ3) is 7.92. The number of imidazole rings is 2. The van der Waals surface area contributed by atoms with Crippen LogP contribution in [-0.2, 0) is 41.4 Å². The van der Waals surface area contributed by atoms with Gasteiger partial charge in [0, 0.05) is 26.3 Å². The molecule has 4 N–H and O–H groups in total. The van der Waals surface area contributed by atoms with Crippen LogP contribution in [0.15, 0.2) is 48.8 Å². The van der Waals surface area contributed by atoms with E-state index in [1.165, 1.54) is 50.7 Å². The number of carbonyl (C=O) groups is 4. The van der Waals surface area contributed by atoms with E-state index in [4.69, 9.17) is 28.9 Å². The number of fused-ring (bicyclic) bond motifs is 5. The third-order valence-electron chi connectivity index (χ3n) is 14.9. The second kappa shape index (κ2) is 18.0. The number of methoxy groups -OCH3 is 4. The number of rotatable bonds is 12. The molecule has 0 unspecified atom stereocenters. The molecule has 10 atom stereocenters. The largest absolute Gasteiger partial charge is 0.453 e. The number of H-pyrrole nitrogens is 2. The van der Waals surface area contributed by atoms with Crippen molar-refractivity contribution in [2.45, 2.75) is 127 Å². The first kappa shape index (κ1) is 43.5. The predicted molar refractivity (Wildman–Crippen MR) is 237 cm³/mol. The topological polar surface area (TPSA) is 193 Å². The van der Waals surface area contributed by atoms with E-state index in [1.807, 2.05) is 22.2 Å². The minimum absolute atomic E-state index is 0.0753. The second-order valence-electron chi connectivity index (χ2n) is 18.2. The zero-order valence-electron chi connectivity index (χ0n) is 37.5. The highest BCUT2D eigenvalue weighted by Gasteiger charge is 2.51. The maximum Gasteiger partial charge on any atom is 0.407 e. The summed E-state index contributed by atoms with van der Waals surface area (Å²) >= 11 is 0. The number of amides is 4. The number of hydrogen-bond acceptors (Lipinski definition) is 10. The number of aromatic amines is 2.